The highest BCUT2D eigenvalue weighted by Crippen LogP contribution is 2.41. The third kappa shape index (κ3) is 4.06. The Labute approximate surface area is 188 Å². The number of carbonyl (C=O) groups excluding carboxylic acids is 1. The van der Waals surface area contributed by atoms with Gasteiger partial charge in [-0.3, -0.25) is 9.78 Å². The van der Waals surface area contributed by atoms with Gasteiger partial charge >= 0.3 is 5.97 Å². The molecule has 0 atom stereocenters. The second kappa shape index (κ2) is 8.80. The summed E-state index contributed by atoms with van der Waals surface area (Å²) >= 11 is 1.50. The first-order valence-corrected chi connectivity index (χ1v) is 11.1. The van der Waals surface area contributed by atoms with Crippen molar-refractivity contribution in [2.24, 2.45) is 0 Å². The molecule has 1 N–H and O–H groups in total. The number of esters is 1. The number of hydrogen-bond acceptors (Lipinski definition) is 9. The molecule has 3 aromatic heterocycles. The van der Waals surface area contributed by atoms with Crippen LogP contribution in [0.2, 0.25) is 0 Å². The van der Waals surface area contributed by atoms with E-state index in [9.17, 15) is 4.79 Å². The minimum absolute atomic E-state index is 0.0132. The minimum Gasteiger partial charge on any atom is -0.466 e. The number of ether oxygens (including phenoxy) is 3. The first kappa shape index (κ1) is 20.2. The summed E-state index contributed by atoms with van der Waals surface area (Å²) in [5, 5.41) is 6.31. The van der Waals surface area contributed by atoms with Gasteiger partial charge < -0.3 is 19.5 Å². The van der Waals surface area contributed by atoms with E-state index in [1.165, 1.54) is 11.3 Å². The Bertz CT molecular complexity index is 1280. The maximum absolute atomic E-state index is 12.0. The van der Waals surface area contributed by atoms with Crippen LogP contribution in [0.5, 0.6) is 11.5 Å². The van der Waals surface area contributed by atoms with Crippen molar-refractivity contribution >= 4 is 33.3 Å². The van der Waals surface area contributed by atoms with Gasteiger partial charge in [-0.1, -0.05) is 12.1 Å². The third-order valence-electron chi connectivity index (χ3n) is 4.93. The Morgan fingerprint density at radius 2 is 2.09 bits per heavy atom. The van der Waals surface area contributed by atoms with Crippen LogP contribution in [0, 0.1) is 0 Å². The largest absolute Gasteiger partial charge is 0.466 e. The molecule has 0 spiro atoms. The van der Waals surface area contributed by atoms with Gasteiger partial charge in [0.15, 0.2) is 11.5 Å². The lowest BCUT2D eigenvalue weighted by Crippen LogP contribution is -2.12. The zero-order valence-corrected chi connectivity index (χ0v) is 18.1. The van der Waals surface area contributed by atoms with E-state index in [2.05, 4.69) is 20.3 Å². The maximum Gasteiger partial charge on any atom is 0.313 e. The van der Waals surface area contributed by atoms with Crippen LogP contribution in [-0.4, -0.2) is 34.3 Å². The van der Waals surface area contributed by atoms with Gasteiger partial charge in [0.05, 0.1) is 24.2 Å². The molecule has 0 fully saturated rings. The van der Waals surface area contributed by atoms with E-state index in [-0.39, 0.29) is 19.2 Å². The van der Waals surface area contributed by atoms with Crippen LogP contribution in [-0.2, 0) is 22.5 Å². The van der Waals surface area contributed by atoms with Crippen LogP contribution in [0.4, 0.5) is 5.82 Å². The Morgan fingerprint density at radius 1 is 1.19 bits per heavy atom. The lowest BCUT2D eigenvalue weighted by Gasteiger charge is -2.11. The zero-order chi connectivity index (χ0) is 21.9. The van der Waals surface area contributed by atoms with Gasteiger partial charge in [-0.25, -0.2) is 9.97 Å². The summed E-state index contributed by atoms with van der Waals surface area (Å²) in [6.45, 7) is 2.81. The first-order valence-electron chi connectivity index (χ1n) is 10.2. The Morgan fingerprint density at radius 3 is 2.94 bits per heavy atom. The van der Waals surface area contributed by atoms with Crippen LogP contribution >= 0.6 is 11.3 Å². The van der Waals surface area contributed by atoms with Gasteiger partial charge in [0.1, 0.15) is 22.9 Å². The number of thiophene rings is 1. The standard InChI is InChI=1S/C23H20N4O4S/c1-2-29-20(28)10-19-26-22(25-11-15-5-3-4-8-24-15)21-16(12-32-23(21)27-19)14-6-7-17-18(9-14)31-13-30-17/h3-9,12H,2,10-11,13H2,1H3,(H,25,26,27). The molecule has 8 nitrogen and oxygen atoms in total. The van der Waals surface area contributed by atoms with E-state index in [0.29, 0.717) is 30.5 Å². The second-order valence-corrected chi connectivity index (χ2v) is 7.90. The molecular formula is C23H20N4O4S. The molecule has 162 valence electrons. The van der Waals surface area contributed by atoms with E-state index in [1.54, 1.807) is 13.1 Å². The Balaban J connectivity index is 1.55. The van der Waals surface area contributed by atoms with Gasteiger partial charge in [-0.2, -0.15) is 0 Å². The molecule has 0 bridgehead atoms. The monoisotopic (exact) mass is 448 g/mol. The van der Waals surface area contributed by atoms with Crippen LogP contribution < -0.4 is 14.8 Å². The number of carbonyl (C=O) groups is 1. The van der Waals surface area contributed by atoms with E-state index < -0.39 is 0 Å². The van der Waals surface area contributed by atoms with Crippen molar-refractivity contribution in [2.75, 3.05) is 18.7 Å². The van der Waals surface area contributed by atoms with E-state index in [4.69, 9.17) is 14.2 Å². The SMILES string of the molecule is CCOC(=O)Cc1nc(NCc2ccccn2)c2c(-c3ccc4c(c3)OCO4)csc2n1. The summed E-state index contributed by atoms with van der Waals surface area (Å²) in [4.78, 5) is 26.5. The zero-order valence-electron chi connectivity index (χ0n) is 17.3. The van der Waals surface area contributed by atoms with Crippen LogP contribution in [0.1, 0.15) is 18.4 Å². The van der Waals surface area contributed by atoms with Crippen molar-refractivity contribution in [3.05, 3.63) is 59.5 Å². The highest BCUT2D eigenvalue weighted by atomic mass is 32.1. The number of nitrogens with zero attached hydrogens (tertiary/aromatic N) is 3. The number of benzene rings is 1. The summed E-state index contributed by atoms with van der Waals surface area (Å²) < 4.78 is 16.1. The average molecular weight is 449 g/mol. The molecule has 0 unspecified atom stereocenters. The first-order chi connectivity index (χ1) is 15.7. The summed E-state index contributed by atoms with van der Waals surface area (Å²) in [6, 6.07) is 11.6. The lowest BCUT2D eigenvalue weighted by atomic mass is 10.1. The number of nitrogens with one attached hydrogen (secondary N) is 1. The van der Waals surface area contributed by atoms with E-state index in [1.807, 2.05) is 41.8 Å². The molecule has 32 heavy (non-hydrogen) atoms. The van der Waals surface area contributed by atoms with Gasteiger partial charge in [-0.15, -0.1) is 11.3 Å². The molecule has 4 heterocycles. The predicted molar refractivity (Wildman–Crippen MR) is 121 cm³/mol. The molecule has 1 aliphatic heterocycles. The number of pyridine rings is 1. The quantitative estimate of drug-likeness (QED) is 0.420. The Kier molecular flexibility index (Phi) is 5.55. The molecule has 0 saturated carbocycles. The number of fused-ring (bicyclic) bond motifs is 2. The fraction of sp³-hybridized carbons (Fsp3) is 0.217. The summed E-state index contributed by atoms with van der Waals surface area (Å²) in [5.41, 5.74) is 2.84. The second-order valence-electron chi connectivity index (χ2n) is 7.04. The molecule has 1 aromatic carbocycles. The van der Waals surface area contributed by atoms with Crippen LogP contribution in [0.25, 0.3) is 21.3 Å². The smallest absolute Gasteiger partial charge is 0.313 e. The summed E-state index contributed by atoms with van der Waals surface area (Å²) in [6.07, 6.45) is 1.76. The molecular weight excluding hydrogens is 428 g/mol. The maximum atomic E-state index is 12.0. The topological polar surface area (TPSA) is 95.5 Å². The molecule has 0 aliphatic carbocycles. The van der Waals surface area contributed by atoms with Crippen molar-refractivity contribution in [3.8, 4) is 22.6 Å². The predicted octanol–water partition coefficient (Wildman–Crippen LogP) is 4.20. The molecule has 4 aromatic rings. The molecule has 1 aliphatic rings. The van der Waals surface area contributed by atoms with Crippen molar-refractivity contribution in [1.29, 1.82) is 0 Å². The number of rotatable bonds is 7. The third-order valence-corrected chi connectivity index (χ3v) is 5.81. The van der Waals surface area contributed by atoms with Crippen molar-refractivity contribution in [1.82, 2.24) is 15.0 Å². The van der Waals surface area contributed by atoms with Gasteiger partial charge in [0, 0.05) is 17.1 Å². The number of anilines is 1. The number of aromatic nitrogens is 3. The number of hydrogen-bond donors (Lipinski definition) is 1. The molecule has 9 heteroatoms. The van der Waals surface area contributed by atoms with E-state index >= 15 is 0 Å². The average Bonchev–Trinajstić information content (AvgIpc) is 3.44. The van der Waals surface area contributed by atoms with E-state index in [0.717, 1.165) is 32.8 Å². The van der Waals surface area contributed by atoms with Crippen LogP contribution in [0.3, 0.4) is 0 Å². The molecule has 0 radical (unpaired) electrons. The Hall–Kier alpha value is -3.72. The molecule has 5 rings (SSSR count). The summed E-state index contributed by atoms with van der Waals surface area (Å²) in [5.74, 6) is 2.15. The minimum atomic E-state index is -0.352. The lowest BCUT2D eigenvalue weighted by molar-refractivity contribution is -0.142. The fourth-order valence-electron chi connectivity index (χ4n) is 3.49. The molecule has 0 amide bonds. The van der Waals surface area contributed by atoms with Crippen molar-refractivity contribution < 1.29 is 19.0 Å². The fourth-order valence-corrected chi connectivity index (χ4v) is 4.45. The highest BCUT2D eigenvalue weighted by Gasteiger charge is 2.20. The molecule has 0 saturated heterocycles. The van der Waals surface area contributed by atoms with Crippen molar-refractivity contribution in [3.63, 3.8) is 0 Å². The van der Waals surface area contributed by atoms with Crippen molar-refractivity contribution in [2.45, 2.75) is 19.9 Å². The van der Waals surface area contributed by atoms with Gasteiger partial charge in [-0.05, 0) is 36.8 Å². The van der Waals surface area contributed by atoms with Gasteiger partial charge in [0.25, 0.3) is 0 Å². The normalized spacial score (nSPS) is 12.2. The van der Waals surface area contributed by atoms with Crippen LogP contribution in [0.15, 0.2) is 48.0 Å². The van der Waals surface area contributed by atoms with Gasteiger partial charge in [0.2, 0.25) is 6.79 Å². The highest BCUT2D eigenvalue weighted by molar-refractivity contribution is 7.17. The summed E-state index contributed by atoms with van der Waals surface area (Å²) in [7, 11) is 0.